The minimum absolute atomic E-state index is 0.207. The Morgan fingerprint density at radius 3 is 2.31 bits per heavy atom. The van der Waals surface area contributed by atoms with Crippen LogP contribution >= 0.6 is 0 Å². The van der Waals surface area contributed by atoms with Gasteiger partial charge in [-0.3, -0.25) is 0 Å². The largest absolute Gasteiger partial charge is 0.205 e. The first-order chi connectivity index (χ1) is 14.2. The maximum absolute atomic E-state index is 15.1. The van der Waals surface area contributed by atoms with Gasteiger partial charge in [0.15, 0.2) is 0 Å². The molecule has 0 radical (unpaired) electrons. The molecule has 0 N–H and O–H groups in total. The third-order valence-electron chi connectivity index (χ3n) is 6.58. The number of fused-ring (bicyclic) bond motifs is 1. The second kappa shape index (κ2) is 8.83. The van der Waals surface area contributed by atoms with E-state index in [2.05, 4.69) is 50.0 Å². The molecular weight excluding hydrogens is 355 g/mol. The van der Waals surface area contributed by atoms with Crippen molar-refractivity contribution in [3.63, 3.8) is 0 Å². The zero-order chi connectivity index (χ0) is 20.2. The summed E-state index contributed by atoms with van der Waals surface area (Å²) in [6, 6.07) is 18.3. The molecule has 1 saturated carbocycles. The molecule has 1 heteroatoms. The summed E-state index contributed by atoms with van der Waals surface area (Å²) in [6.07, 6.45) is 7.46. The van der Waals surface area contributed by atoms with Gasteiger partial charge in [0.25, 0.3) is 0 Å². The van der Waals surface area contributed by atoms with E-state index in [-0.39, 0.29) is 5.82 Å². The van der Waals surface area contributed by atoms with E-state index in [9.17, 15) is 0 Å². The van der Waals surface area contributed by atoms with E-state index >= 15 is 4.39 Å². The van der Waals surface area contributed by atoms with E-state index in [0.717, 1.165) is 23.3 Å². The van der Waals surface area contributed by atoms with Crippen LogP contribution < -0.4 is 0 Å². The van der Waals surface area contributed by atoms with Crippen LogP contribution in [0, 0.1) is 23.6 Å². The molecule has 148 valence electrons. The van der Waals surface area contributed by atoms with Crippen molar-refractivity contribution in [2.45, 2.75) is 58.3 Å². The molecule has 0 heterocycles. The first-order valence-electron chi connectivity index (χ1n) is 11.0. The smallest absolute Gasteiger partial charge is 0.146 e. The number of hydrogen-bond acceptors (Lipinski definition) is 0. The molecular formula is C28H29F. The highest BCUT2D eigenvalue weighted by Crippen LogP contribution is 2.38. The monoisotopic (exact) mass is 384 g/mol. The maximum atomic E-state index is 15.1. The Balaban J connectivity index is 1.57. The van der Waals surface area contributed by atoms with Crippen molar-refractivity contribution in [3.05, 3.63) is 82.7 Å². The number of aryl methyl sites for hydroxylation is 1. The molecule has 0 spiro atoms. The van der Waals surface area contributed by atoms with Crippen molar-refractivity contribution in [2.75, 3.05) is 0 Å². The van der Waals surface area contributed by atoms with E-state index in [4.69, 9.17) is 0 Å². The molecule has 0 bridgehead atoms. The highest BCUT2D eigenvalue weighted by atomic mass is 19.1. The maximum Gasteiger partial charge on any atom is 0.146 e. The van der Waals surface area contributed by atoms with Crippen LogP contribution in [0.1, 0.15) is 74.1 Å². The van der Waals surface area contributed by atoms with Gasteiger partial charge in [-0.25, -0.2) is 4.39 Å². The standard InChI is InChI=1S/C28H29F/c1-3-20-5-7-22(8-6-20)11-14-24-15-16-26-19-25(17-18-27(26)28(24)29)23-12-9-21(4-2)10-13-23/h5-8,15-19,21,23H,3-4,9-10,12-13H2,1-2H3. The topological polar surface area (TPSA) is 0 Å². The number of rotatable bonds is 3. The highest BCUT2D eigenvalue weighted by Gasteiger charge is 2.21. The molecule has 1 fully saturated rings. The zero-order valence-corrected chi connectivity index (χ0v) is 17.5. The third-order valence-corrected chi connectivity index (χ3v) is 6.58. The fraction of sp³-hybridized carbons (Fsp3) is 0.357. The predicted octanol–water partition coefficient (Wildman–Crippen LogP) is 7.62. The van der Waals surface area contributed by atoms with Gasteiger partial charge in [-0.15, -0.1) is 0 Å². The van der Waals surface area contributed by atoms with E-state index in [0.29, 0.717) is 16.9 Å². The van der Waals surface area contributed by atoms with Gasteiger partial charge in [-0.05, 0) is 78.7 Å². The minimum atomic E-state index is -0.207. The van der Waals surface area contributed by atoms with E-state index < -0.39 is 0 Å². The summed E-state index contributed by atoms with van der Waals surface area (Å²) >= 11 is 0. The Bertz CT molecular complexity index is 1040. The lowest BCUT2D eigenvalue weighted by Gasteiger charge is -2.28. The van der Waals surface area contributed by atoms with Crippen molar-refractivity contribution >= 4 is 10.8 Å². The molecule has 1 aliphatic rings. The van der Waals surface area contributed by atoms with Gasteiger partial charge in [0.05, 0.1) is 5.56 Å². The number of halogens is 1. The van der Waals surface area contributed by atoms with Gasteiger partial charge in [-0.1, -0.05) is 68.5 Å². The molecule has 29 heavy (non-hydrogen) atoms. The average molecular weight is 385 g/mol. The summed E-state index contributed by atoms with van der Waals surface area (Å²) in [5, 5.41) is 1.65. The molecule has 1 aliphatic carbocycles. The molecule has 4 rings (SSSR count). The van der Waals surface area contributed by atoms with Gasteiger partial charge in [0, 0.05) is 10.9 Å². The van der Waals surface area contributed by atoms with E-state index in [1.807, 2.05) is 30.3 Å². The molecule has 0 saturated heterocycles. The summed E-state index contributed by atoms with van der Waals surface area (Å²) in [7, 11) is 0. The second-order valence-electron chi connectivity index (χ2n) is 8.33. The zero-order valence-electron chi connectivity index (χ0n) is 17.5. The summed E-state index contributed by atoms with van der Waals surface area (Å²) in [6.45, 7) is 4.43. The average Bonchev–Trinajstić information content (AvgIpc) is 2.79. The van der Waals surface area contributed by atoms with E-state index in [1.165, 1.54) is 43.2 Å². The minimum Gasteiger partial charge on any atom is -0.205 e. The van der Waals surface area contributed by atoms with Crippen molar-refractivity contribution < 1.29 is 4.39 Å². The normalized spacial score (nSPS) is 19.0. The fourth-order valence-corrected chi connectivity index (χ4v) is 4.53. The Hall–Kier alpha value is -2.59. The van der Waals surface area contributed by atoms with Crippen molar-refractivity contribution in [1.82, 2.24) is 0 Å². The van der Waals surface area contributed by atoms with Crippen LogP contribution in [-0.2, 0) is 6.42 Å². The molecule has 3 aromatic rings. The van der Waals surface area contributed by atoms with Crippen LogP contribution in [-0.4, -0.2) is 0 Å². The predicted molar refractivity (Wildman–Crippen MR) is 121 cm³/mol. The van der Waals surface area contributed by atoms with Gasteiger partial charge in [-0.2, -0.15) is 0 Å². The summed E-state index contributed by atoms with van der Waals surface area (Å²) in [4.78, 5) is 0. The van der Waals surface area contributed by atoms with Crippen LogP contribution in [0.4, 0.5) is 4.39 Å². The first kappa shape index (κ1) is 19.7. The van der Waals surface area contributed by atoms with Crippen LogP contribution in [0.5, 0.6) is 0 Å². The summed E-state index contributed by atoms with van der Waals surface area (Å²) in [5.41, 5.74) is 4.03. The Labute approximate surface area is 174 Å². The van der Waals surface area contributed by atoms with Gasteiger partial charge in [0.2, 0.25) is 0 Å². The van der Waals surface area contributed by atoms with E-state index in [1.54, 1.807) is 0 Å². The first-order valence-corrected chi connectivity index (χ1v) is 11.0. The molecule has 0 atom stereocenters. The Morgan fingerprint density at radius 1 is 0.862 bits per heavy atom. The van der Waals surface area contributed by atoms with Crippen molar-refractivity contribution in [1.29, 1.82) is 0 Å². The van der Waals surface area contributed by atoms with Crippen LogP contribution in [0.3, 0.4) is 0 Å². The lowest BCUT2D eigenvalue weighted by atomic mass is 9.77. The van der Waals surface area contributed by atoms with Gasteiger partial charge < -0.3 is 0 Å². The SMILES string of the molecule is CCc1ccc(C#Cc2ccc3cc(C4CCC(CC)CC4)ccc3c2F)cc1. The second-order valence-corrected chi connectivity index (χ2v) is 8.33. The fourth-order valence-electron chi connectivity index (χ4n) is 4.53. The van der Waals surface area contributed by atoms with Crippen molar-refractivity contribution in [2.24, 2.45) is 5.92 Å². The summed E-state index contributed by atoms with van der Waals surface area (Å²) < 4.78 is 15.1. The summed E-state index contributed by atoms with van der Waals surface area (Å²) in [5.74, 6) is 7.43. The quantitative estimate of drug-likeness (QED) is 0.407. The number of hydrogen-bond donors (Lipinski definition) is 0. The molecule has 0 aromatic heterocycles. The van der Waals surface area contributed by atoms with Crippen LogP contribution in [0.2, 0.25) is 0 Å². The van der Waals surface area contributed by atoms with Gasteiger partial charge in [0.1, 0.15) is 5.82 Å². The number of benzene rings is 3. The van der Waals surface area contributed by atoms with Gasteiger partial charge >= 0.3 is 0 Å². The Kier molecular flexibility index (Phi) is 6.00. The third kappa shape index (κ3) is 4.38. The van der Waals surface area contributed by atoms with Crippen molar-refractivity contribution in [3.8, 4) is 11.8 Å². The van der Waals surface area contributed by atoms with Crippen LogP contribution in [0.25, 0.3) is 10.8 Å². The Morgan fingerprint density at radius 2 is 1.62 bits per heavy atom. The lowest BCUT2D eigenvalue weighted by Crippen LogP contribution is -2.12. The highest BCUT2D eigenvalue weighted by molar-refractivity contribution is 5.85. The lowest BCUT2D eigenvalue weighted by molar-refractivity contribution is 0.319. The molecule has 0 aliphatic heterocycles. The molecule has 3 aromatic carbocycles. The molecule has 0 nitrogen and oxygen atoms in total. The molecule has 0 amide bonds. The molecule has 0 unspecified atom stereocenters. The van der Waals surface area contributed by atoms with Crippen LogP contribution in [0.15, 0.2) is 54.6 Å².